The van der Waals surface area contributed by atoms with Crippen LogP contribution in [0.15, 0.2) is 0 Å². The van der Waals surface area contributed by atoms with Crippen LogP contribution in [0.25, 0.3) is 0 Å². The van der Waals surface area contributed by atoms with E-state index in [1.54, 1.807) is 0 Å². The maximum atomic E-state index is 12.5. The molecule has 1 unspecified atom stereocenters. The zero-order valence-electron chi connectivity index (χ0n) is 8.18. The predicted molar refractivity (Wildman–Crippen MR) is 47.0 cm³/mol. The molecule has 0 radical (unpaired) electrons. The second-order valence-corrected chi connectivity index (χ2v) is 4.45. The Morgan fingerprint density at radius 3 is 2.33 bits per heavy atom. The van der Waals surface area contributed by atoms with Gasteiger partial charge in [-0.15, -0.1) is 0 Å². The standard InChI is InChI=1S/C9H13F3N2O/c10-9(11,12)6-1-2-8(3-4-8)14(5-6)7(13)15/h6H,1-5H2,(H2,13,15). The number of piperidine rings is 1. The van der Waals surface area contributed by atoms with E-state index in [1.807, 2.05) is 0 Å². The van der Waals surface area contributed by atoms with Crippen molar-refractivity contribution >= 4 is 6.03 Å². The Balaban J connectivity index is 2.10. The molecule has 1 aliphatic carbocycles. The highest BCUT2D eigenvalue weighted by atomic mass is 19.4. The number of carbonyl (C=O) groups excluding carboxylic acids is 1. The minimum atomic E-state index is -4.22. The van der Waals surface area contributed by atoms with Crippen molar-refractivity contribution in [3.63, 3.8) is 0 Å². The average Bonchev–Trinajstić information content (AvgIpc) is 2.83. The number of primary amides is 1. The van der Waals surface area contributed by atoms with Gasteiger partial charge in [0.05, 0.1) is 5.92 Å². The highest BCUT2D eigenvalue weighted by molar-refractivity contribution is 5.73. The quantitative estimate of drug-likeness (QED) is 0.668. The van der Waals surface area contributed by atoms with E-state index in [1.165, 1.54) is 4.90 Å². The Kier molecular flexibility index (Phi) is 2.13. The van der Waals surface area contributed by atoms with Gasteiger partial charge in [0.2, 0.25) is 0 Å². The summed E-state index contributed by atoms with van der Waals surface area (Å²) in [6, 6.07) is -0.721. The molecule has 2 amide bonds. The number of urea groups is 1. The molecule has 0 aromatic carbocycles. The molecule has 1 saturated heterocycles. The fourth-order valence-corrected chi connectivity index (χ4v) is 2.34. The number of amides is 2. The lowest BCUT2D eigenvalue weighted by molar-refractivity contribution is -0.187. The fourth-order valence-electron chi connectivity index (χ4n) is 2.34. The SMILES string of the molecule is NC(=O)N1CC(C(F)(F)F)CCC12CC2. The molecule has 1 heterocycles. The summed E-state index contributed by atoms with van der Waals surface area (Å²) in [7, 11) is 0. The lowest BCUT2D eigenvalue weighted by Gasteiger charge is -2.39. The number of nitrogens with zero attached hydrogens (tertiary/aromatic N) is 1. The van der Waals surface area contributed by atoms with Gasteiger partial charge in [0, 0.05) is 12.1 Å². The van der Waals surface area contributed by atoms with Crippen LogP contribution in [0.2, 0.25) is 0 Å². The van der Waals surface area contributed by atoms with Crippen LogP contribution in [0.1, 0.15) is 25.7 Å². The molecule has 1 aliphatic heterocycles. The molecule has 2 aliphatic rings. The number of nitrogens with two attached hydrogens (primary N) is 1. The summed E-state index contributed by atoms with van der Waals surface area (Å²) < 4.78 is 37.4. The van der Waals surface area contributed by atoms with E-state index in [4.69, 9.17) is 5.73 Å². The molecule has 2 rings (SSSR count). The Hall–Kier alpha value is -0.940. The Bertz CT molecular complexity index is 286. The summed E-state index contributed by atoms with van der Waals surface area (Å²) in [5.41, 5.74) is 4.78. The number of hydrogen-bond donors (Lipinski definition) is 1. The minimum Gasteiger partial charge on any atom is -0.351 e. The van der Waals surface area contributed by atoms with E-state index >= 15 is 0 Å². The summed E-state index contributed by atoms with van der Waals surface area (Å²) in [6.07, 6.45) is -2.08. The number of rotatable bonds is 0. The summed E-state index contributed by atoms with van der Waals surface area (Å²) in [5, 5.41) is 0. The number of carbonyl (C=O) groups is 1. The summed E-state index contributed by atoms with van der Waals surface area (Å²) in [4.78, 5) is 12.3. The molecular weight excluding hydrogens is 209 g/mol. The van der Waals surface area contributed by atoms with Gasteiger partial charge in [-0.3, -0.25) is 0 Å². The molecule has 3 nitrogen and oxygen atoms in total. The van der Waals surface area contributed by atoms with Gasteiger partial charge in [-0.25, -0.2) is 4.79 Å². The maximum Gasteiger partial charge on any atom is 0.393 e. The minimum absolute atomic E-state index is 0.118. The van der Waals surface area contributed by atoms with Crippen molar-refractivity contribution in [2.24, 2.45) is 11.7 Å². The molecular formula is C9H13F3N2O. The number of halogens is 3. The Labute approximate surface area is 85.4 Å². The van der Waals surface area contributed by atoms with Gasteiger partial charge in [0.25, 0.3) is 0 Å². The second-order valence-electron chi connectivity index (χ2n) is 4.45. The summed E-state index contributed by atoms with van der Waals surface area (Å²) in [5.74, 6) is -1.41. The van der Waals surface area contributed by atoms with Crippen molar-refractivity contribution in [3.8, 4) is 0 Å². The number of likely N-dealkylation sites (tertiary alicyclic amines) is 1. The first-order chi connectivity index (χ1) is 6.85. The van der Waals surface area contributed by atoms with Crippen molar-refractivity contribution in [3.05, 3.63) is 0 Å². The van der Waals surface area contributed by atoms with E-state index in [0.717, 1.165) is 12.8 Å². The van der Waals surface area contributed by atoms with Crippen molar-refractivity contribution in [1.29, 1.82) is 0 Å². The van der Waals surface area contributed by atoms with Gasteiger partial charge in [0.15, 0.2) is 0 Å². The molecule has 1 atom stereocenters. The highest BCUT2D eigenvalue weighted by Gasteiger charge is 2.56. The van der Waals surface area contributed by atoms with Crippen LogP contribution in [-0.2, 0) is 0 Å². The molecule has 2 fully saturated rings. The van der Waals surface area contributed by atoms with Gasteiger partial charge >= 0.3 is 12.2 Å². The number of alkyl halides is 3. The van der Waals surface area contributed by atoms with Crippen LogP contribution in [0.4, 0.5) is 18.0 Å². The third kappa shape index (κ3) is 1.77. The molecule has 0 aromatic heterocycles. The predicted octanol–water partition coefficient (Wildman–Crippen LogP) is 1.87. The van der Waals surface area contributed by atoms with Crippen LogP contribution < -0.4 is 5.73 Å². The zero-order valence-corrected chi connectivity index (χ0v) is 8.18. The third-order valence-corrected chi connectivity index (χ3v) is 3.49. The van der Waals surface area contributed by atoms with Crippen LogP contribution in [0.5, 0.6) is 0 Å². The van der Waals surface area contributed by atoms with Crippen molar-refractivity contribution in [1.82, 2.24) is 4.90 Å². The monoisotopic (exact) mass is 222 g/mol. The Morgan fingerprint density at radius 2 is 1.93 bits per heavy atom. The van der Waals surface area contributed by atoms with Gasteiger partial charge in [-0.05, 0) is 25.7 Å². The topological polar surface area (TPSA) is 46.3 Å². The normalized spacial score (nSPS) is 29.3. The van der Waals surface area contributed by atoms with E-state index in [-0.39, 0.29) is 18.5 Å². The zero-order chi connectivity index (χ0) is 11.3. The van der Waals surface area contributed by atoms with Crippen LogP contribution >= 0.6 is 0 Å². The van der Waals surface area contributed by atoms with Crippen molar-refractivity contribution in [2.75, 3.05) is 6.54 Å². The van der Waals surface area contributed by atoms with Crippen LogP contribution in [-0.4, -0.2) is 29.2 Å². The Morgan fingerprint density at radius 1 is 1.33 bits per heavy atom. The van der Waals surface area contributed by atoms with Gasteiger partial charge in [0.1, 0.15) is 0 Å². The largest absolute Gasteiger partial charge is 0.393 e. The first-order valence-electron chi connectivity index (χ1n) is 4.99. The molecule has 2 N–H and O–H groups in total. The second kappa shape index (κ2) is 3.02. The van der Waals surface area contributed by atoms with Crippen LogP contribution in [0.3, 0.4) is 0 Å². The smallest absolute Gasteiger partial charge is 0.351 e. The van der Waals surface area contributed by atoms with E-state index in [9.17, 15) is 18.0 Å². The van der Waals surface area contributed by atoms with Crippen molar-refractivity contribution < 1.29 is 18.0 Å². The molecule has 6 heteroatoms. The lowest BCUT2D eigenvalue weighted by atomic mass is 9.91. The fraction of sp³-hybridized carbons (Fsp3) is 0.889. The van der Waals surface area contributed by atoms with Gasteiger partial charge in [-0.1, -0.05) is 0 Å². The van der Waals surface area contributed by atoms with E-state index in [0.29, 0.717) is 6.42 Å². The van der Waals surface area contributed by atoms with E-state index in [2.05, 4.69) is 0 Å². The highest BCUT2D eigenvalue weighted by Crippen LogP contribution is 2.51. The summed E-state index contributed by atoms with van der Waals surface area (Å²) >= 11 is 0. The first kappa shape index (κ1) is 10.6. The molecule has 0 bridgehead atoms. The molecule has 15 heavy (non-hydrogen) atoms. The maximum absolute atomic E-state index is 12.5. The number of hydrogen-bond acceptors (Lipinski definition) is 1. The molecule has 86 valence electrons. The van der Waals surface area contributed by atoms with Gasteiger partial charge < -0.3 is 10.6 Å². The van der Waals surface area contributed by atoms with Gasteiger partial charge in [-0.2, -0.15) is 13.2 Å². The third-order valence-electron chi connectivity index (χ3n) is 3.49. The lowest BCUT2D eigenvalue weighted by Crippen LogP contribution is -2.53. The van der Waals surface area contributed by atoms with Crippen LogP contribution in [0, 0.1) is 5.92 Å². The molecule has 1 spiro atoms. The summed E-state index contributed by atoms with van der Waals surface area (Å²) in [6.45, 7) is -0.265. The molecule has 1 saturated carbocycles. The van der Waals surface area contributed by atoms with E-state index < -0.39 is 18.1 Å². The average molecular weight is 222 g/mol. The van der Waals surface area contributed by atoms with Crippen molar-refractivity contribution in [2.45, 2.75) is 37.4 Å². The first-order valence-corrected chi connectivity index (χ1v) is 4.99. The molecule has 0 aromatic rings.